The summed E-state index contributed by atoms with van der Waals surface area (Å²) in [6, 6.07) is 1.71. The highest BCUT2D eigenvalue weighted by Gasteiger charge is 2.06. The SMILES string of the molecule is CCCCS(=O)(=O)NCC#N. The quantitative estimate of drug-likeness (QED) is 0.609. The molecule has 0 aliphatic heterocycles. The fraction of sp³-hybridized carbons (Fsp3) is 0.833. The van der Waals surface area contributed by atoms with Crippen molar-refractivity contribution in [1.29, 1.82) is 5.26 Å². The monoisotopic (exact) mass is 176 g/mol. The predicted octanol–water partition coefficient (Wildman–Crippen LogP) is 0.229. The van der Waals surface area contributed by atoms with Crippen LogP contribution in [0.15, 0.2) is 0 Å². The van der Waals surface area contributed by atoms with E-state index in [0.29, 0.717) is 6.42 Å². The highest BCUT2D eigenvalue weighted by atomic mass is 32.2. The van der Waals surface area contributed by atoms with Crippen LogP contribution in [0.3, 0.4) is 0 Å². The van der Waals surface area contributed by atoms with Gasteiger partial charge in [0.05, 0.1) is 18.4 Å². The van der Waals surface area contributed by atoms with E-state index in [1.165, 1.54) is 0 Å². The number of nitrogens with one attached hydrogen (secondary N) is 1. The fourth-order valence-corrected chi connectivity index (χ4v) is 1.65. The molecule has 0 saturated heterocycles. The lowest BCUT2D eigenvalue weighted by atomic mass is 10.4. The van der Waals surface area contributed by atoms with Crippen molar-refractivity contribution < 1.29 is 8.42 Å². The van der Waals surface area contributed by atoms with Gasteiger partial charge in [-0.2, -0.15) is 5.26 Å². The molecule has 0 radical (unpaired) electrons. The summed E-state index contributed by atoms with van der Waals surface area (Å²) in [7, 11) is -3.18. The minimum atomic E-state index is -3.18. The maximum atomic E-state index is 10.9. The molecule has 0 amide bonds. The minimum Gasteiger partial charge on any atom is -0.212 e. The van der Waals surface area contributed by atoms with Gasteiger partial charge in [-0.3, -0.25) is 0 Å². The van der Waals surface area contributed by atoms with Gasteiger partial charge >= 0.3 is 0 Å². The molecular formula is C6H12N2O2S. The molecule has 0 unspecified atom stereocenters. The molecule has 11 heavy (non-hydrogen) atoms. The Bertz CT molecular complexity index is 227. The highest BCUT2D eigenvalue weighted by Crippen LogP contribution is 1.92. The molecule has 0 rings (SSSR count). The van der Waals surface area contributed by atoms with Crippen LogP contribution in [0.1, 0.15) is 19.8 Å². The summed E-state index contributed by atoms with van der Waals surface area (Å²) >= 11 is 0. The van der Waals surface area contributed by atoms with Crippen LogP contribution in [-0.4, -0.2) is 20.7 Å². The van der Waals surface area contributed by atoms with Crippen LogP contribution in [0.5, 0.6) is 0 Å². The normalized spacial score (nSPS) is 10.9. The lowest BCUT2D eigenvalue weighted by Gasteiger charge is -2.00. The number of nitriles is 1. The third-order valence-electron chi connectivity index (χ3n) is 1.14. The summed E-state index contributed by atoms with van der Waals surface area (Å²) in [6.07, 6.45) is 1.48. The first-order valence-electron chi connectivity index (χ1n) is 3.46. The molecule has 64 valence electrons. The van der Waals surface area contributed by atoms with Gasteiger partial charge in [0.2, 0.25) is 10.0 Å². The van der Waals surface area contributed by atoms with Crippen molar-refractivity contribution >= 4 is 10.0 Å². The zero-order chi connectivity index (χ0) is 8.74. The molecule has 0 bridgehead atoms. The van der Waals surface area contributed by atoms with Gasteiger partial charge in [0.15, 0.2) is 0 Å². The Morgan fingerprint density at radius 2 is 2.18 bits per heavy atom. The lowest BCUT2D eigenvalue weighted by Crippen LogP contribution is -2.26. The van der Waals surface area contributed by atoms with Crippen molar-refractivity contribution in [2.24, 2.45) is 0 Å². The Kier molecular flexibility index (Phi) is 4.83. The van der Waals surface area contributed by atoms with E-state index >= 15 is 0 Å². The molecule has 4 nitrogen and oxygen atoms in total. The van der Waals surface area contributed by atoms with Gasteiger partial charge in [-0.05, 0) is 6.42 Å². The number of rotatable bonds is 5. The summed E-state index contributed by atoms with van der Waals surface area (Å²) in [4.78, 5) is 0. The topological polar surface area (TPSA) is 70.0 Å². The van der Waals surface area contributed by atoms with Crippen LogP contribution in [0, 0.1) is 11.3 Å². The van der Waals surface area contributed by atoms with Crippen LogP contribution in [0.2, 0.25) is 0 Å². The molecule has 0 aromatic rings. The van der Waals surface area contributed by atoms with Crippen LogP contribution in [0.4, 0.5) is 0 Å². The smallest absolute Gasteiger partial charge is 0.212 e. The van der Waals surface area contributed by atoms with Gasteiger partial charge in [-0.25, -0.2) is 13.1 Å². The van der Waals surface area contributed by atoms with Crippen LogP contribution < -0.4 is 4.72 Å². The van der Waals surface area contributed by atoms with E-state index in [2.05, 4.69) is 4.72 Å². The molecule has 0 saturated carbocycles. The second kappa shape index (κ2) is 5.10. The molecule has 0 heterocycles. The van der Waals surface area contributed by atoms with Crippen molar-refractivity contribution in [2.75, 3.05) is 12.3 Å². The number of unbranched alkanes of at least 4 members (excludes halogenated alkanes) is 1. The largest absolute Gasteiger partial charge is 0.212 e. The molecule has 0 aliphatic carbocycles. The van der Waals surface area contributed by atoms with Crippen molar-refractivity contribution in [3.05, 3.63) is 0 Å². The second-order valence-corrected chi connectivity index (χ2v) is 4.08. The highest BCUT2D eigenvalue weighted by molar-refractivity contribution is 7.89. The van der Waals surface area contributed by atoms with Gasteiger partial charge in [-0.1, -0.05) is 13.3 Å². The number of sulfonamides is 1. The maximum Gasteiger partial charge on any atom is 0.212 e. The van der Waals surface area contributed by atoms with Crippen LogP contribution in [0.25, 0.3) is 0 Å². The summed E-state index contributed by atoms with van der Waals surface area (Å²) in [5.74, 6) is 0.116. The predicted molar refractivity (Wildman–Crippen MR) is 42.3 cm³/mol. The van der Waals surface area contributed by atoms with E-state index in [-0.39, 0.29) is 12.3 Å². The number of hydrogen-bond donors (Lipinski definition) is 1. The van der Waals surface area contributed by atoms with Crippen LogP contribution >= 0.6 is 0 Å². The zero-order valence-corrected chi connectivity index (χ0v) is 7.32. The van der Waals surface area contributed by atoms with Gasteiger partial charge in [0.25, 0.3) is 0 Å². The van der Waals surface area contributed by atoms with E-state index in [1.807, 2.05) is 6.92 Å². The first-order valence-corrected chi connectivity index (χ1v) is 5.12. The summed E-state index contributed by atoms with van der Waals surface area (Å²) in [5.41, 5.74) is 0. The molecule has 0 aromatic carbocycles. The van der Waals surface area contributed by atoms with E-state index in [0.717, 1.165) is 6.42 Å². The van der Waals surface area contributed by atoms with E-state index in [4.69, 9.17) is 5.26 Å². The fourth-order valence-electron chi connectivity index (χ4n) is 0.549. The summed E-state index contributed by atoms with van der Waals surface area (Å²) in [5, 5.41) is 8.08. The van der Waals surface area contributed by atoms with Gasteiger partial charge < -0.3 is 0 Å². The number of nitrogens with zero attached hydrogens (tertiary/aromatic N) is 1. The molecule has 0 aromatic heterocycles. The van der Waals surface area contributed by atoms with E-state index < -0.39 is 10.0 Å². The molecule has 0 atom stereocenters. The van der Waals surface area contributed by atoms with Gasteiger partial charge in [0.1, 0.15) is 0 Å². The van der Waals surface area contributed by atoms with Gasteiger partial charge in [-0.15, -0.1) is 0 Å². The van der Waals surface area contributed by atoms with Crippen molar-refractivity contribution in [3.8, 4) is 6.07 Å². The maximum absolute atomic E-state index is 10.9. The molecule has 0 fully saturated rings. The van der Waals surface area contributed by atoms with Crippen LogP contribution in [-0.2, 0) is 10.0 Å². The number of hydrogen-bond acceptors (Lipinski definition) is 3. The molecule has 0 spiro atoms. The molecular weight excluding hydrogens is 164 g/mol. The summed E-state index contributed by atoms with van der Waals surface area (Å²) < 4.78 is 23.9. The zero-order valence-electron chi connectivity index (χ0n) is 6.50. The molecule has 5 heteroatoms. The first-order chi connectivity index (χ1) is 5.12. The van der Waals surface area contributed by atoms with Gasteiger partial charge in [0, 0.05) is 0 Å². The first kappa shape index (κ1) is 10.4. The summed E-state index contributed by atoms with van der Waals surface area (Å²) in [6.45, 7) is 1.78. The molecule has 0 aliphatic rings. The van der Waals surface area contributed by atoms with E-state index in [9.17, 15) is 8.42 Å². The average Bonchev–Trinajstić information content (AvgIpc) is 1.97. The standard InChI is InChI=1S/C6H12N2O2S/c1-2-3-6-11(9,10)8-5-4-7/h8H,2-3,5-6H2,1H3. The van der Waals surface area contributed by atoms with E-state index in [1.54, 1.807) is 6.07 Å². The molecule has 1 N–H and O–H groups in total. The third kappa shape index (κ3) is 5.83. The second-order valence-electron chi connectivity index (χ2n) is 2.15. The Balaban J connectivity index is 3.74. The van der Waals surface area contributed by atoms with Crippen molar-refractivity contribution in [2.45, 2.75) is 19.8 Å². The minimum absolute atomic E-state index is 0.116. The lowest BCUT2D eigenvalue weighted by molar-refractivity contribution is 0.582. The third-order valence-corrected chi connectivity index (χ3v) is 2.55. The Morgan fingerprint density at radius 1 is 1.55 bits per heavy atom. The Morgan fingerprint density at radius 3 is 2.64 bits per heavy atom. The Hall–Kier alpha value is -0.600. The average molecular weight is 176 g/mol. The van der Waals surface area contributed by atoms with Crippen molar-refractivity contribution in [1.82, 2.24) is 4.72 Å². The Labute approximate surface area is 67.3 Å². The van der Waals surface area contributed by atoms with Crippen molar-refractivity contribution in [3.63, 3.8) is 0 Å².